The highest BCUT2D eigenvalue weighted by Crippen LogP contribution is 2.32. The van der Waals surface area contributed by atoms with Crippen molar-refractivity contribution in [2.75, 3.05) is 19.6 Å². The molecule has 1 aliphatic heterocycles. The Kier molecular flexibility index (Phi) is 5.18. The first kappa shape index (κ1) is 17.3. The fourth-order valence-electron chi connectivity index (χ4n) is 3.29. The summed E-state index contributed by atoms with van der Waals surface area (Å²) in [4.78, 5) is 30.1. The minimum Gasteiger partial charge on any atom is -0.337 e. The van der Waals surface area contributed by atoms with Crippen molar-refractivity contribution in [3.8, 4) is 0 Å². The van der Waals surface area contributed by atoms with Crippen LogP contribution in [-0.2, 0) is 11.2 Å². The van der Waals surface area contributed by atoms with Crippen LogP contribution in [0.5, 0.6) is 0 Å². The van der Waals surface area contributed by atoms with Crippen molar-refractivity contribution in [2.24, 2.45) is 11.8 Å². The Morgan fingerprint density at radius 2 is 2.12 bits per heavy atom. The molecule has 2 amide bonds. The lowest BCUT2D eigenvalue weighted by Gasteiger charge is -2.34. The van der Waals surface area contributed by atoms with Gasteiger partial charge < -0.3 is 9.80 Å². The molecule has 1 saturated carbocycles. The van der Waals surface area contributed by atoms with Gasteiger partial charge in [0.1, 0.15) is 4.88 Å². The molecule has 1 saturated heterocycles. The highest BCUT2D eigenvalue weighted by Gasteiger charge is 2.37. The van der Waals surface area contributed by atoms with E-state index < -0.39 is 0 Å². The predicted octanol–water partition coefficient (Wildman–Crippen LogP) is 2.21. The first-order valence-corrected chi connectivity index (χ1v) is 9.68. The molecule has 1 aromatic heterocycles. The molecule has 2 fully saturated rings. The van der Waals surface area contributed by atoms with Crippen molar-refractivity contribution < 1.29 is 9.59 Å². The average Bonchev–Trinajstić information content (AvgIpc) is 3.28. The molecule has 0 spiro atoms. The Morgan fingerprint density at radius 3 is 2.75 bits per heavy atom. The monoisotopic (exact) mass is 350 g/mol. The topological polar surface area (TPSA) is 66.4 Å². The van der Waals surface area contributed by atoms with E-state index in [0.29, 0.717) is 42.6 Å². The summed E-state index contributed by atoms with van der Waals surface area (Å²) in [7, 11) is 0. The Morgan fingerprint density at radius 1 is 1.38 bits per heavy atom. The molecule has 132 valence electrons. The molecule has 0 aromatic carbocycles. The number of rotatable bonds is 5. The molecule has 6 nitrogen and oxygen atoms in total. The van der Waals surface area contributed by atoms with Gasteiger partial charge in [-0.05, 0) is 42.6 Å². The largest absolute Gasteiger partial charge is 0.337 e. The molecule has 24 heavy (non-hydrogen) atoms. The summed E-state index contributed by atoms with van der Waals surface area (Å²) in [6.07, 6.45) is 3.56. The zero-order chi connectivity index (χ0) is 17.3. The first-order chi connectivity index (χ1) is 11.5. The SMILES string of the molecule is CCc1nnsc1C(=O)N1CCC(=O)N(CC2CC2)[C@@H](C(C)C)C1. The van der Waals surface area contributed by atoms with E-state index >= 15 is 0 Å². The van der Waals surface area contributed by atoms with Crippen LogP contribution in [0.4, 0.5) is 0 Å². The highest BCUT2D eigenvalue weighted by molar-refractivity contribution is 7.08. The van der Waals surface area contributed by atoms with Gasteiger partial charge in [0, 0.05) is 26.1 Å². The number of carbonyl (C=O) groups excluding carboxylic acids is 2. The van der Waals surface area contributed by atoms with E-state index in [9.17, 15) is 9.59 Å². The molecule has 1 atom stereocenters. The van der Waals surface area contributed by atoms with Gasteiger partial charge in [-0.25, -0.2) is 0 Å². The smallest absolute Gasteiger partial charge is 0.267 e. The van der Waals surface area contributed by atoms with Crippen LogP contribution in [0.15, 0.2) is 0 Å². The van der Waals surface area contributed by atoms with Crippen molar-refractivity contribution in [3.63, 3.8) is 0 Å². The molecule has 7 heteroatoms. The quantitative estimate of drug-likeness (QED) is 0.817. The maximum absolute atomic E-state index is 12.9. The van der Waals surface area contributed by atoms with E-state index in [1.54, 1.807) is 0 Å². The zero-order valence-electron chi connectivity index (χ0n) is 14.7. The van der Waals surface area contributed by atoms with Crippen molar-refractivity contribution in [1.29, 1.82) is 0 Å². The number of amides is 2. The van der Waals surface area contributed by atoms with Gasteiger partial charge in [0.25, 0.3) is 5.91 Å². The van der Waals surface area contributed by atoms with Crippen LogP contribution < -0.4 is 0 Å². The van der Waals surface area contributed by atoms with Gasteiger partial charge in [-0.1, -0.05) is 25.3 Å². The van der Waals surface area contributed by atoms with Crippen molar-refractivity contribution in [1.82, 2.24) is 19.4 Å². The third-order valence-electron chi connectivity index (χ3n) is 5.02. The zero-order valence-corrected chi connectivity index (χ0v) is 15.5. The lowest BCUT2D eigenvalue weighted by atomic mass is 10.0. The van der Waals surface area contributed by atoms with Crippen LogP contribution in [0, 0.1) is 11.8 Å². The fraction of sp³-hybridized carbons (Fsp3) is 0.765. The Balaban J connectivity index is 1.80. The number of nitrogens with zero attached hydrogens (tertiary/aromatic N) is 4. The summed E-state index contributed by atoms with van der Waals surface area (Å²) in [5, 5.41) is 4.05. The summed E-state index contributed by atoms with van der Waals surface area (Å²) in [6.45, 7) is 8.20. The standard InChI is InChI=1S/C17H26N4O2S/c1-4-13-16(24-19-18-13)17(23)20-8-7-15(22)21(9-12-5-6-12)14(10-20)11(2)3/h11-12,14H,4-10H2,1-3H3/t14-/m1/s1. The van der Waals surface area contributed by atoms with E-state index in [0.717, 1.165) is 23.8 Å². The Labute approximate surface area is 147 Å². The van der Waals surface area contributed by atoms with E-state index in [1.165, 1.54) is 12.8 Å². The molecule has 3 rings (SSSR count). The second kappa shape index (κ2) is 7.17. The van der Waals surface area contributed by atoms with Gasteiger partial charge in [0.05, 0.1) is 11.7 Å². The molecule has 0 bridgehead atoms. The molecule has 0 unspecified atom stereocenters. The van der Waals surface area contributed by atoms with E-state index in [-0.39, 0.29) is 17.9 Å². The van der Waals surface area contributed by atoms with E-state index in [1.807, 2.05) is 16.7 Å². The number of hydrogen-bond acceptors (Lipinski definition) is 5. The van der Waals surface area contributed by atoms with Gasteiger partial charge >= 0.3 is 0 Å². The Hall–Kier alpha value is -1.50. The van der Waals surface area contributed by atoms with Gasteiger partial charge in [0.15, 0.2) is 0 Å². The lowest BCUT2D eigenvalue weighted by molar-refractivity contribution is -0.133. The molecule has 2 heterocycles. The van der Waals surface area contributed by atoms with Gasteiger partial charge in [-0.3, -0.25) is 9.59 Å². The van der Waals surface area contributed by atoms with Crippen LogP contribution in [0.1, 0.15) is 55.4 Å². The molecule has 0 radical (unpaired) electrons. The maximum atomic E-state index is 12.9. The number of aromatic nitrogens is 2. The average molecular weight is 350 g/mol. The second-order valence-corrected chi connectivity index (χ2v) is 7.96. The van der Waals surface area contributed by atoms with Gasteiger partial charge in [-0.15, -0.1) is 5.10 Å². The minimum absolute atomic E-state index is 0.0198. The third kappa shape index (κ3) is 3.61. The summed E-state index contributed by atoms with van der Waals surface area (Å²) in [6, 6.07) is 0.0931. The van der Waals surface area contributed by atoms with Gasteiger partial charge in [0.2, 0.25) is 5.91 Å². The van der Waals surface area contributed by atoms with Crippen LogP contribution in [-0.4, -0.2) is 56.9 Å². The summed E-state index contributed by atoms with van der Waals surface area (Å²) < 4.78 is 3.93. The lowest BCUT2D eigenvalue weighted by Crippen LogP contribution is -2.48. The van der Waals surface area contributed by atoms with E-state index in [2.05, 4.69) is 23.4 Å². The fourth-order valence-corrected chi connectivity index (χ4v) is 4.01. The molecule has 2 aliphatic rings. The van der Waals surface area contributed by atoms with Crippen molar-refractivity contribution in [2.45, 2.75) is 52.5 Å². The molecular weight excluding hydrogens is 324 g/mol. The molecule has 1 aliphatic carbocycles. The highest BCUT2D eigenvalue weighted by atomic mass is 32.1. The first-order valence-electron chi connectivity index (χ1n) is 8.91. The van der Waals surface area contributed by atoms with Gasteiger partial charge in [-0.2, -0.15) is 0 Å². The van der Waals surface area contributed by atoms with Crippen molar-refractivity contribution >= 4 is 23.3 Å². The molecule has 0 N–H and O–H groups in total. The molecule has 1 aromatic rings. The van der Waals surface area contributed by atoms with Crippen LogP contribution in [0.25, 0.3) is 0 Å². The number of carbonyl (C=O) groups is 2. The number of hydrogen-bond donors (Lipinski definition) is 0. The maximum Gasteiger partial charge on any atom is 0.267 e. The summed E-state index contributed by atoms with van der Waals surface area (Å²) in [5.41, 5.74) is 0.761. The number of aryl methyl sites for hydroxylation is 1. The third-order valence-corrected chi connectivity index (χ3v) is 5.77. The normalized spacial score (nSPS) is 22.2. The Bertz CT molecular complexity index is 611. The second-order valence-electron chi connectivity index (χ2n) is 7.20. The van der Waals surface area contributed by atoms with Crippen LogP contribution >= 0.6 is 11.5 Å². The molecular formula is C17H26N4O2S. The summed E-state index contributed by atoms with van der Waals surface area (Å²) in [5.74, 6) is 1.16. The van der Waals surface area contributed by atoms with E-state index in [4.69, 9.17) is 0 Å². The van der Waals surface area contributed by atoms with Crippen LogP contribution in [0.2, 0.25) is 0 Å². The summed E-state index contributed by atoms with van der Waals surface area (Å²) >= 11 is 1.16. The predicted molar refractivity (Wildman–Crippen MR) is 92.9 cm³/mol. The van der Waals surface area contributed by atoms with Crippen LogP contribution in [0.3, 0.4) is 0 Å². The minimum atomic E-state index is -0.0198. The van der Waals surface area contributed by atoms with Crippen molar-refractivity contribution in [3.05, 3.63) is 10.6 Å².